The molecule has 3 atom stereocenters. The summed E-state index contributed by atoms with van der Waals surface area (Å²) in [6, 6.07) is 9.05. The van der Waals surface area contributed by atoms with Crippen LogP contribution in [0.4, 0.5) is 0 Å². The lowest BCUT2D eigenvalue weighted by Gasteiger charge is -2.30. The van der Waals surface area contributed by atoms with E-state index in [1.165, 1.54) is 47.8 Å². The standard InChI is InChI=1S/C20H30N2O/c1-14-8-4-6-10-19(14)21-12-17(23)13-22-16(3)15(2)18-9-5-7-11-20(18)22/h5,7,9,11,14,17,19,21,23H,4,6,8,10,12-13H2,1-3H3/t14-,17-,19+/m1/s1. The number of aliphatic hydroxyl groups excluding tert-OH is 1. The molecule has 1 heterocycles. The second-order valence-corrected chi connectivity index (χ2v) is 7.27. The third-order valence-electron chi connectivity index (χ3n) is 5.67. The van der Waals surface area contributed by atoms with Crippen molar-refractivity contribution >= 4 is 10.9 Å². The van der Waals surface area contributed by atoms with Gasteiger partial charge in [0.05, 0.1) is 12.6 Å². The first-order chi connectivity index (χ1) is 11.1. The predicted octanol–water partition coefficient (Wildman–Crippen LogP) is 3.79. The van der Waals surface area contributed by atoms with Crippen LogP contribution in [0, 0.1) is 19.8 Å². The van der Waals surface area contributed by atoms with E-state index < -0.39 is 0 Å². The fourth-order valence-corrected chi connectivity index (χ4v) is 4.02. The molecule has 0 bridgehead atoms. The van der Waals surface area contributed by atoms with Crippen molar-refractivity contribution in [2.45, 2.75) is 65.1 Å². The van der Waals surface area contributed by atoms with E-state index in [1.54, 1.807) is 0 Å². The van der Waals surface area contributed by atoms with Crippen LogP contribution in [0.3, 0.4) is 0 Å². The lowest BCUT2D eigenvalue weighted by Crippen LogP contribution is -2.42. The number of nitrogens with one attached hydrogen (secondary N) is 1. The van der Waals surface area contributed by atoms with Crippen molar-refractivity contribution in [3.05, 3.63) is 35.5 Å². The summed E-state index contributed by atoms with van der Waals surface area (Å²) in [5.41, 5.74) is 3.81. The molecule has 3 heteroatoms. The van der Waals surface area contributed by atoms with Crippen molar-refractivity contribution in [2.24, 2.45) is 5.92 Å². The van der Waals surface area contributed by atoms with Crippen LogP contribution in [0.5, 0.6) is 0 Å². The molecule has 1 aromatic heterocycles. The van der Waals surface area contributed by atoms with Crippen LogP contribution in [0.15, 0.2) is 24.3 Å². The van der Waals surface area contributed by atoms with E-state index >= 15 is 0 Å². The summed E-state index contributed by atoms with van der Waals surface area (Å²) in [5.74, 6) is 0.729. The summed E-state index contributed by atoms with van der Waals surface area (Å²) < 4.78 is 2.27. The lowest BCUT2D eigenvalue weighted by molar-refractivity contribution is 0.139. The zero-order valence-electron chi connectivity index (χ0n) is 14.7. The van der Waals surface area contributed by atoms with Crippen molar-refractivity contribution in [1.29, 1.82) is 0 Å². The third-order valence-corrected chi connectivity index (χ3v) is 5.67. The molecule has 0 unspecified atom stereocenters. The molecule has 23 heavy (non-hydrogen) atoms. The molecule has 0 aliphatic heterocycles. The number of hydrogen-bond acceptors (Lipinski definition) is 2. The molecule has 3 nitrogen and oxygen atoms in total. The predicted molar refractivity (Wildman–Crippen MR) is 96.8 cm³/mol. The maximum absolute atomic E-state index is 10.5. The molecule has 1 aliphatic carbocycles. The van der Waals surface area contributed by atoms with Gasteiger partial charge in [0, 0.05) is 29.2 Å². The summed E-state index contributed by atoms with van der Waals surface area (Å²) in [7, 11) is 0. The highest BCUT2D eigenvalue weighted by Gasteiger charge is 2.22. The Balaban J connectivity index is 1.66. The molecule has 1 saturated carbocycles. The molecule has 2 N–H and O–H groups in total. The number of para-hydroxylation sites is 1. The SMILES string of the molecule is Cc1c(C)n(C[C@H](O)CN[C@H]2CCCC[C@H]2C)c2ccccc12. The number of aliphatic hydroxyl groups is 1. The van der Waals surface area contributed by atoms with Crippen molar-refractivity contribution < 1.29 is 5.11 Å². The molecule has 1 aromatic carbocycles. The Kier molecular flexibility index (Phi) is 5.08. The van der Waals surface area contributed by atoms with Crippen LogP contribution in [0.25, 0.3) is 10.9 Å². The maximum atomic E-state index is 10.5. The van der Waals surface area contributed by atoms with Gasteiger partial charge in [-0.15, -0.1) is 0 Å². The molecular formula is C20H30N2O. The van der Waals surface area contributed by atoms with Gasteiger partial charge in [-0.2, -0.15) is 0 Å². The summed E-state index contributed by atoms with van der Waals surface area (Å²) in [5, 5.41) is 15.4. The summed E-state index contributed by atoms with van der Waals surface area (Å²) in [6.07, 6.45) is 4.89. The molecule has 0 radical (unpaired) electrons. The van der Waals surface area contributed by atoms with Gasteiger partial charge in [0.15, 0.2) is 0 Å². The number of hydrogen-bond donors (Lipinski definition) is 2. The molecule has 3 rings (SSSR count). The van der Waals surface area contributed by atoms with Crippen LogP contribution in [0.2, 0.25) is 0 Å². The first-order valence-corrected chi connectivity index (χ1v) is 9.03. The van der Waals surface area contributed by atoms with Gasteiger partial charge in [-0.1, -0.05) is 38.0 Å². The molecule has 1 fully saturated rings. The quantitative estimate of drug-likeness (QED) is 0.881. The average Bonchev–Trinajstić information content (AvgIpc) is 2.80. The number of aromatic nitrogens is 1. The minimum Gasteiger partial charge on any atom is -0.390 e. The molecule has 0 amide bonds. The van der Waals surface area contributed by atoms with Gasteiger partial charge in [0.2, 0.25) is 0 Å². The van der Waals surface area contributed by atoms with Gasteiger partial charge in [-0.3, -0.25) is 0 Å². The molecule has 0 spiro atoms. The fraction of sp³-hybridized carbons (Fsp3) is 0.600. The topological polar surface area (TPSA) is 37.2 Å². The highest BCUT2D eigenvalue weighted by Crippen LogP contribution is 2.26. The third kappa shape index (κ3) is 3.46. The van der Waals surface area contributed by atoms with Gasteiger partial charge >= 0.3 is 0 Å². The van der Waals surface area contributed by atoms with Gasteiger partial charge in [-0.25, -0.2) is 0 Å². The van der Waals surface area contributed by atoms with Gasteiger partial charge in [-0.05, 0) is 44.2 Å². The Labute approximate surface area is 139 Å². The van der Waals surface area contributed by atoms with Gasteiger partial charge < -0.3 is 15.0 Å². The van der Waals surface area contributed by atoms with E-state index in [0.717, 1.165) is 5.92 Å². The Morgan fingerprint density at radius 1 is 1.22 bits per heavy atom. The van der Waals surface area contributed by atoms with Crippen LogP contribution in [-0.2, 0) is 6.54 Å². The van der Waals surface area contributed by atoms with Crippen LogP contribution in [-0.4, -0.2) is 28.4 Å². The average molecular weight is 314 g/mol. The summed E-state index contributed by atoms with van der Waals surface area (Å²) in [6.45, 7) is 7.99. The van der Waals surface area contributed by atoms with E-state index in [0.29, 0.717) is 19.1 Å². The Morgan fingerprint density at radius 3 is 2.74 bits per heavy atom. The summed E-state index contributed by atoms with van der Waals surface area (Å²) >= 11 is 0. The van der Waals surface area contributed by atoms with Crippen molar-refractivity contribution in [3.8, 4) is 0 Å². The smallest absolute Gasteiger partial charge is 0.0843 e. The van der Waals surface area contributed by atoms with E-state index in [1.807, 2.05) is 0 Å². The monoisotopic (exact) mass is 314 g/mol. The zero-order chi connectivity index (χ0) is 16.4. The van der Waals surface area contributed by atoms with Crippen molar-refractivity contribution in [3.63, 3.8) is 0 Å². The number of fused-ring (bicyclic) bond motifs is 1. The molecule has 1 aliphatic rings. The van der Waals surface area contributed by atoms with Crippen molar-refractivity contribution in [1.82, 2.24) is 9.88 Å². The zero-order valence-corrected chi connectivity index (χ0v) is 14.7. The largest absolute Gasteiger partial charge is 0.390 e. The van der Waals surface area contributed by atoms with Gasteiger partial charge in [0.25, 0.3) is 0 Å². The number of benzene rings is 1. The van der Waals surface area contributed by atoms with Crippen molar-refractivity contribution in [2.75, 3.05) is 6.54 Å². The number of aryl methyl sites for hydroxylation is 1. The Morgan fingerprint density at radius 2 is 1.96 bits per heavy atom. The minimum atomic E-state index is -0.349. The highest BCUT2D eigenvalue weighted by molar-refractivity contribution is 5.85. The normalized spacial score (nSPS) is 23.3. The van der Waals surface area contributed by atoms with Gasteiger partial charge in [0.1, 0.15) is 0 Å². The Bertz CT molecular complexity index is 661. The number of rotatable bonds is 5. The first kappa shape index (κ1) is 16.5. The van der Waals surface area contributed by atoms with Crippen LogP contribution >= 0.6 is 0 Å². The molecule has 126 valence electrons. The number of nitrogens with zero attached hydrogens (tertiary/aromatic N) is 1. The first-order valence-electron chi connectivity index (χ1n) is 9.03. The van der Waals surface area contributed by atoms with E-state index in [9.17, 15) is 5.11 Å². The molecule has 2 aromatic rings. The highest BCUT2D eigenvalue weighted by atomic mass is 16.3. The fourth-order valence-electron chi connectivity index (χ4n) is 4.02. The van der Waals surface area contributed by atoms with E-state index in [4.69, 9.17) is 0 Å². The minimum absolute atomic E-state index is 0.349. The van der Waals surface area contributed by atoms with E-state index in [2.05, 4.69) is 54.9 Å². The second kappa shape index (κ2) is 7.06. The second-order valence-electron chi connectivity index (χ2n) is 7.27. The van der Waals surface area contributed by atoms with E-state index in [-0.39, 0.29) is 6.10 Å². The van der Waals surface area contributed by atoms with Crippen LogP contribution in [0.1, 0.15) is 43.9 Å². The Hall–Kier alpha value is -1.32. The summed E-state index contributed by atoms with van der Waals surface area (Å²) in [4.78, 5) is 0. The lowest BCUT2D eigenvalue weighted by atomic mass is 9.86. The molecular weight excluding hydrogens is 284 g/mol. The molecule has 0 saturated heterocycles. The maximum Gasteiger partial charge on any atom is 0.0843 e. The van der Waals surface area contributed by atoms with Crippen LogP contribution < -0.4 is 5.32 Å².